The van der Waals surface area contributed by atoms with Gasteiger partial charge in [-0.1, -0.05) is 30.3 Å². The minimum absolute atomic E-state index is 0.0774. The van der Waals surface area contributed by atoms with Gasteiger partial charge in [0.1, 0.15) is 5.54 Å². The van der Waals surface area contributed by atoms with Gasteiger partial charge in [-0.15, -0.1) is 0 Å². The van der Waals surface area contributed by atoms with Crippen LogP contribution in [0, 0.1) is 0 Å². The summed E-state index contributed by atoms with van der Waals surface area (Å²) in [7, 11) is 0. The molecule has 0 heterocycles. The fourth-order valence-electron chi connectivity index (χ4n) is 1.31. The Morgan fingerprint density at radius 3 is 2.24 bits per heavy atom. The van der Waals surface area contributed by atoms with E-state index >= 15 is 0 Å². The van der Waals surface area contributed by atoms with E-state index in [0.29, 0.717) is 5.06 Å². The molecule has 1 N–H and O–H groups in total. The van der Waals surface area contributed by atoms with E-state index in [1.54, 1.807) is 12.1 Å². The van der Waals surface area contributed by atoms with Crippen molar-refractivity contribution >= 4 is 11.7 Å². The number of hydroxylamine groups is 2. The summed E-state index contributed by atoms with van der Waals surface area (Å²) in [6.45, 7) is 4.37. The summed E-state index contributed by atoms with van der Waals surface area (Å²) in [5, 5.41) is 10.3. The Labute approximate surface area is 101 Å². The Kier molecular flexibility index (Phi) is 4.02. The molecule has 4 nitrogen and oxygen atoms in total. The van der Waals surface area contributed by atoms with Gasteiger partial charge >= 0.3 is 0 Å². The lowest BCUT2D eigenvalue weighted by atomic mass is 9.99. The molecule has 0 saturated carbocycles. The number of Topliss-reactive ketones (excluding diaryl/α,β-unsaturated/α-hetero) is 1. The molecule has 0 radical (unpaired) electrons. The zero-order valence-corrected chi connectivity index (χ0v) is 10.3. The number of nitrogens with zero attached hydrogens (tertiary/aromatic N) is 1. The highest BCUT2D eigenvalue weighted by molar-refractivity contribution is 5.90. The van der Waals surface area contributed by atoms with Crippen LogP contribution >= 0.6 is 0 Å². The number of hydrogen-bond acceptors (Lipinski definition) is 3. The normalized spacial score (nSPS) is 11.1. The van der Waals surface area contributed by atoms with Crippen LogP contribution in [-0.2, 0) is 16.0 Å². The highest BCUT2D eigenvalue weighted by Gasteiger charge is 2.34. The lowest BCUT2D eigenvalue weighted by Crippen LogP contribution is -2.50. The molecule has 1 aromatic carbocycles. The number of amides is 1. The number of benzene rings is 1. The molecular formula is C13H17NO3. The van der Waals surface area contributed by atoms with Gasteiger partial charge in [-0.3, -0.25) is 14.8 Å². The molecule has 0 atom stereocenters. The summed E-state index contributed by atoms with van der Waals surface area (Å²) in [5.74, 6) is -0.752. The third kappa shape index (κ3) is 3.14. The summed E-state index contributed by atoms with van der Waals surface area (Å²) in [6, 6.07) is 9.09. The Bertz CT molecular complexity index is 412. The van der Waals surface area contributed by atoms with Gasteiger partial charge in [0, 0.05) is 0 Å². The molecule has 0 spiro atoms. The molecular weight excluding hydrogens is 218 g/mol. The molecule has 17 heavy (non-hydrogen) atoms. The van der Waals surface area contributed by atoms with Crippen LogP contribution < -0.4 is 0 Å². The zero-order chi connectivity index (χ0) is 13.1. The SMILES string of the molecule is CC(=O)C(C)(C)N(O)C(=O)Cc1ccccc1. The number of carbonyl (C=O) groups is 2. The molecule has 4 heteroatoms. The van der Waals surface area contributed by atoms with E-state index in [4.69, 9.17) is 0 Å². The Balaban J connectivity index is 2.75. The first-order chi connectivity index (χ1) is 7.85. The van der Waals surface area contributed by atoms with Crippen LogP contribution in [0.5, 0.6) is 0 Å². The van der Waals surface area contributed by atoms with E-state index in [1.807, 2.05) is 18.2 Å². The fourth-order valence-corrected chi connectivity index (χ4v) is 1.31. The van der Waals surface area contributed by atoms with E-state index in [2.05, 4.69) is 0 Å². The summed E-state index contributed by atoms with van der Waals surface area (Å²) in [5.41, 5.74) is -0.387. The highest BCUT2D eigenvalue weighted by atomic mass is 16.5. The van der Waals surface area contributed by atoms with Crippen LogP contribution in [0.4, 0.5) is 0 Å². The highest BCUT2D eigenvalue weighted by Crippen LogP contribution is 2.15. The maximum absolute atomic E-state index is 11.8. The van der Waals surface area contributed by atoms with Crippen molar-refractivity contribution in [3.63, 3.8) is 0 Å². The van der Waals surface area contributed by atoms with E-state index in [1.165, 1.54) is 20.8 Å². The van der Waals surface area contributed by atoms with Crippen molar-refractivity contribution in [2.75, 3.05) is 0 Å². The molecule has 1 rings (SSSR count). The summed E-state index contributed by atoms with van der Waals surface area (Å²) in [6.07, 6.45) is 0.0774. The van der Waals surface area contributed by atoms with Gasteiger partial charge in [-0.25, -0.2) is 5.06 Å². The van der Waals surface area contributed by atoms with Crippen LogP contribution in [0.25, 0.3) is 0 Å². The van der Waals surface area contributed by atoms with E-state index in [-0.39, 0.29) is 12.2 Å². The third-order valence-electron chi connectivity index (χ3n) is 2.83. The summed E-state index contributed by atoms with van der Waals surface area (Å²) >= 11 is 0. The van der Waals surface area contributed by atoms with Crippen molar-refractivity contribution in [3.8, 4) is 0 Å². The van der Waals surface area contributed by atoms with Gasteiger partial charge in [0.15, 0.2) is 5.78 Å². The van der Waals surface area contributed by atoms with Gasteiger partial charge < -0.3 is 0 Å². The van der Waals surface area contributed by atoms with Crippen molar-refractivity contribution in [1.29, 1.82) is 0 Å². The van der Waals surface area contributed by atoms with Crippen LogP contribution in [-0.4, -0.2) is 27.5 Å². The first-order valence-corrected chi connectivity index (χ1v) is 5.42. The Morgan fingerprint density at radius 2 is 1.76 bits per heavy atom. The quantitative estimate of drug-likeness (QED) is 0.639. The molecule has 0 aromatic heterocycles. The van der Waals surface area contributed by atoms with Crippen molar-refractivity contribution < 1.29 is 14.8 Å². The Hall–Kier alpha value is -1.68. The van der Waals surface area contributed by atoms with E-state index in [0.717, 1.165) is 5.56 Å². The molecule has 0 fully saturated rings. The monoisotopic (exact) mass is 235 g/mol. The summed E-state index contributed by atoms with van der Waals surface area (Å²) in [4.78, 5) is 23.1. The van der Waals surface area contributed by atoms with Gasteiger partial charge in [0.25, 0.3) is 5.91 Å². The standard InChI is InChI=1S/C13H17NO3/c1-10(15)13(2,3)14(17)12(16)9-11-7-5-4-6-8-11/h4-8,17H,9H2,1-3H3. The molecule has 92 valence electrons. The zero-order valence-electron chi connectivity index (χ0n) is 10.3. The van der Waals surface area contributed by atoms with Crippen LogP contribution in [0.2, 0.25) is 0 Å². The molecule has 0 bridgehead atoms. The second kappa shape index (κ2) is 5.10. The fraction of sp³-hybridized carbons (Fsp3) is 0.385. The van der Waals surface area contributed by atoms with Crippen molar-refractivity contribution in [1.82, 2.24) is 5.06 Å². The maximum atomic E-state index is 11.8. The van der Waals surface area contributed by atoms with E-state index in [9.17, 15) is 14.8 Å². The second-order valence-electron chi connectivity index (χ2n) is 4.48. The second-order valence-corrected chi connectivity index (χ2v) is 4.48. The van der Waals surface area contributed by atoms with Gasteiger partial charge in [0.2, 0.25) is 0 Å². The minimum atomic E-state index is -1.19. The molecule has 1 amide bonds. The van der Waals surface area contributed by atoms with Gasteiger partial charge in [-0.05, 0) is 26.3 Å². The third-order valence-corrected chi connectivity index (χ3v) is 2.83. The first kappa shape index (κ1) is 13.4. The van der Waals surface area contributed by atoms with Crippen LogP contribution in [0.15, 0.2) is 30.3 Å². The Morgan fingerprint density at radius 1 is 1.24 bits per heavy atom. The molecule has 0 unspecified atom stereocenters. The number of hydrogen-bond donors (Lipinski definition) is 1. The van der Waals surface area contributed by atoms with Gasteiger partial charge in [0.05, 0.1) is 6.42 Å². The molecule has 0 aliphatic rings. The molecule has 1 aromatic rings. The molecule has 0 aliphatic heterocycles. The number of carbonyl (C=O) groups excluding carboxylic acids is 2. The average molecular weight is 235 g/mol. The topological polar surface area (TPSA) is 57.6 Å². The van der Waals surface area contributed by atoms with Crippen molar-refractivity contribution in [2.45, 2.75) is 32.7 Å². The van der Waals surface area contributed by atoms with Crippen molar-refractivity contribution in [3.05, 3.63) is 35.9 Å². The molecule has 0 saturated heterocycles. The lowest BCUT2D eigenvalue weighted by molar-refractivity contribution is -0.191. The van der Waals surface area contributed by atoms with Gasteiger partial charge in [-0.2, -0.15) is 0 Å². The van der Waals surface area contributed by atoms with Crippen LogP contribution in [0.1, 0.15) is 26.3 Å². The number of rotatable bonds is 4. The minimum Gasteiger partial charge on any atom is -0.297 e. The van der Waals surface area contributed by atoms with E-state index < -0.39 is 11.4 Å². The number of ketones is 1. The first-order valence-electron chi connectivity index (χ1n) is 5.42. The largest absolute Gasteiger partial charge is 0.297 e. The summed E-state index contributed by atoms with van der Waals surface area (Å²) < 4.78 is 0. The van der Waals surface area contributed by atoms with Crippen molar-refractivity contribution in [2.24, 2.45) is 0 Å². The smallest absolute Gasteiger partial charge is 0.251 e. The maximum Gasteiger partial charge on any atom is 0.251 e. The average Bonchev–Trinajstić information content (AvgIpc) is 2.29. The molecule has 0 aliphatic carbocycles. The predicted molar refractivity (Wildman–Crippen MR) is 63.5 cm³/mol. The lowest BCUT2D eigenvalue weighted by Gasteiger charge is -2.30. The van der Waals surface area contributed by atoms with Crippen LogP contribution in [0.3, 0.4) is 0 Å². The predicted octanol–water partition coefficient (Wildman–Crippen LogP) is 1.81.